The molecule has 1 aliphatic heterocycles. The van der Waals surface area contributed by atoms with Gasteiger partial charge in [-0.1, -0.05) is 26.3 Å². The van der Waals surface area contributed by atoms with E-state index in [1.54, 1.807) is 13.8 Å². The molecule has 2 bridgehead atoms. The molecule has 33 heavy (non-hydrogen) atoms. The fraction of sp³-hybridized carbons (Fsp3) is 0.880. The lowest BCUT2D eigenvalue weighted by molar-refractivity contribution is -0.335. The lowest BCUT2D eigenvalue weighted by atomic mass is 9.42. The monoisotopic (exact) mass is 467 g/mol. The van der Waals surface area contributed by atoms with Crippen LogP contribution >= 0.6 is 0 Å². The molecule has 9 unspecified atom stereocenters. The van der Waals surface area contributed by atoms with Crippen molar-refractivity contribution in [3.63, 3.8) is 0 Å². The highest BCUT2D eigenvalue weighted by molar-refractivity contribution is 5.93. The van der Waals surface area contributed by atoms with Crippen LogP contribution in [0.3, 0.4) is 0 Å². The van der Waals surface area contributed by atoms with E-state index in [1.165, 1.54) is 0 Å². The highest BCUT2D eigenvalue weighted by atomic mass is 16.6. The van der Waals surface area contributed by atoms with Crippen LogP contribution in [0, 0.1) is 28.6 Å². The summed E-state index contributed by atoms with van der Waals surface area (Å²) in [6.45, 7) is 10.7. The Hall–Kier alpha value is -0.870. The Morgan fingerprint density at radius 2 is 1.82 bits per heavy atom. The molecule has 0 spiro atoms. The van der Waals surface area contributed by atoms with Crippen molar-refractivity contribution in [2.45, 2.75) is 102 Å². The number of allylic oxidation sites excluding steroid dienone is 1. The summed E-state index contributed by atoms with van der Waals surface area (Å²) in [6.07, 6.45) is -3.43. The maximum Gasteiger partial charge on any atom is 0.174 e. The van der Waals surface area contributed by atoms with Gasteiger partial charge in [0.1, 0.15) is 11.7 Å². The first-order valence-electron chi connectivity index (χ1n) is 12.2. The van der Waals surface area contributed by atoms with Crippen LogP contribution in [-0.4, -0.2) is 79.6 Å². The summed E-state index contributed by atoms with van der Waals surface area (Å²) in [5.74, 6) is -2.27. The summed E-state index contributed by atoms with van der Waals surface area (Å²) in [7, 11) is 0. The minimum atomic E-state index is -1.54. The lowest BCUT2D eigenvalue weighted by Gasteiger charge is -2.67. The molecule has 188 valence electrons. The van der Waals surface area contributed by atoms with Crippen LogP contribution in [0.5, 0.6) is 0 Å². The van der Waals surface area contributed by atoms with Crippen molar-refractivity contribution in [3.8, 4) is 0 Å². The molecule has 8 heteroatoms. The second-order valence-corrected chi connectivity index (χ2v) is 12.1. The topological polar surface area (TPSA) is 153 Å². The molecule has 3 aliphatic carbocycles. The summed E-state index contributed by atoms with van der Waals surface area (Å²) in [6, 6.07) is -0.466. The number of nitrogens with two attached hydrogens (primary N) is 1. The van der Waals surface area contributed by atoms with Gasteiger partial charge in [0.25, 0.3) is 0 Å². The van der Waals surface area contributed by atoms with Gasteiger partial charge in [0.2, 0.25) is 0 Å². The van der Waals surface area contributed by atoms with Crippen LogP contribution in [0.4, 0.5) is 0 Å². The summed E-state index contributed by atoms with van der Waals surface area (Å²) in [5, 5.41) is 57.3. The number of aliphatic hydroxyl groups excluding tert-OH is 3. The fourth-order valence-electron chi connectivity index (χ4n) is 7.89. The van der Waals surface area contributed by atoms with Crippen molar-refractivity contribution in [2.75, 3.05) is 6.61 Å². The molecule has 4 rings (SSSR count). The van der Waals surface area contributed by atoms with Gasteiger partial charge in [0.15, 0.2) is 5.78 Å². The Labute approximate surface area is 195 Å². The molecule has 0 aromatic rings. The Bertz CT molecular complexity index is 871. The quantitative estimate of drug-likeness (QED) is 0.324. The van der Waals surface area contributed by atoms with Gasteiger partial charge in [-0.15, -0.1) is 0 Å². The third-order valence-electron chi connectivity index (χ3n) is 10.2. The van der Waals surface area contributed by atoms with Gasteiger partial charge >= 0.3 is 0 Å². The number of ketones is 1. The number of carbonyl (C=O) groups is 1. The Morgan fingerprint density at radius 3 is 2.33 bits per heavy atom. The third-order valence-corrected chi connectivity index (χ3v) is 10.2. The van der Waals surface area contributed by atoms with E-state index in [9.17, 15) is 30.3 Å². The number of aliphatic hydroxyl groups is 5. The summed E-state index contributed by atoms with van der Waals surface area (Å²) in [5.41, 5.74) is 1.87. The average Bonchev–Trinajstić information content (AvgIpc) is 2.72. The third kappa shape index (κ3) is 3.05. The number of ether oxygens (including phenoxy) is 1. The van der Waals surface area contributed by atoms with E-state index in [4.69, 9.17) is 10.5 Å². The zero-order valence-corrected chi connectivity index (χ0v) is 20.6. The van der Waals surface area contributed by atoms with Gasteiger partial charge in [0, 0.05) is 23.8 Å². The van der Waals surface area contributed by atoms with E-state index in [1.807, 2.05) is 27.7 Å². The molecule has 0 aromatic carbocycles. The molecule has 0 amide bonds. The number of rotatable bonds is 3. The van der Waals surface area contributed by atoms with E-state index >= 15 is 0 Å². The van der Waals surface area contributed by atoms with Crippen LogP contribution in [0.25, 0.3) is 0 Å². The number of hydrogen-bond acceptors (Lipinski definition) is 8. The van der Waals surface area contributed by atoms with E-state index in [0.717, 1.165) is 5.57 Å². The van der Waals surface area contributed by atoms with E-state index < -0.39 is 70.1 Å². The zero-order valence-electron chi connectivity index (χ0n) is 20.6. The van der Waals surface area contributed by atoms with Crippen molar-refractivity contribution >= 4 is 5.78 Å². The molecule has 8 nitrogen and oxygen atoms in total. The second kappa shape index (κ2) is 7.56. The second-order valence-electron chi connectivity index (χ2n) is 12.1. The largest absolute Gasteiger partial charge is 0.392 e. The summed E-state index contributed by atoms with van der Waals surface area (Å²) < 4.78 is 5.57. The van der Waals surface area contributed by atoms with E-state index in [0.29, 0.717) is 12.0 Å². The van der Waals surface area contributed by atoms with Crippen LogP contribution in [0.2, 0.25) is 0 Å². The molecule has 2 saturated carbocycles. The van der Waals surface area contributed by atoms with E-state index in [2.05, 4.69) is 0 Å². The van der Waals surface area contributed by atoms with Crippen molar-refractivity contribution in [1.82, 2.24) is 0 Å². The standard InChI is InChI=1S/C25H41NO7/c1-11-14(7-15(27)13(3)26)9-25(32)12(2)20-23(6,16(28)8-17-24(20,31)10-33-17)21(30)19(29)18(11)22(25,4)5/h12-17,19-20,27-29,31-32H,7-10,26H2,1-6H3/t12?,13?,14-,15?,16?,17?,19?,20?,23+,24?,25?/m0/s1. The van der Waals surface area contributed by atoms with Gasteiger partial charge in [-0.05, 0) is 51.0 Å². The van der Waals surface area contributed by atoms with Crippen LogP contribution in [0.1, 0.15) is 60.8 Å². The van der Waals surface area contributed by atoms with Crippen molar-refractivity contribution in [1.29, 1.82) is 0 Å². The highest BCUT2D eigenvalue weighted by Crippen LogP contribution is 2.65. The summed E-state index contributed by atoms with van der Waals surface area (Å²) in [4.78, 5) is 14.0. The number of carbonyl (C=O) groups excluding carboxylic acids is 1. The molecule has 1 heterocycles. The van der Waals surface area contributed by atoms with Gasteiger partial charge < -0.3 is 36.0 Å². The zero-order chi connectivity index (χ0) is 24.9. The Balaban J connectivity index is 1.94. The molecule has 3 fully saturated rings. The van der Waals surface area contributed by atoms with Gasteiger partial charge in [-0.3, -0.25) is 4.79 Å². The van der Waals surface area contributed by atoms with Crippen molar-refractivity contribution in [3.05, 3.63) is 11.1 Å². The van der Waals surface area contributed by atoms with Crippen LogP contribution < -0.4 is 5.73 Å². The first-order valence-corrected chi connectivity index (χ1v) is 12.2. The fourth-order valence-corrected chi connectivity index (χ4v) is 7.89. The maximum absolute atomic E-state index is 14.0. The highest BCUT2D eigenvalue weighted by Gasteiger charge is 2.73. The molecule has 0 radical (unpaired) electrons. The SMILES string of the molecule is CC1=C2C(O)C(=O)[C@]3(C)C(O)CC4OCC4(O)C3C(C)C(O)(C[C@@H]1CC(O)C(C)N)C2(C)C. The predicted molar refractivity (Wildman–Crippen MR) is 121 cm³/mol. The smallest absolute Gasteiger partial charge is 0.174 e. The average molecular weight is 468 g/mol. The van der Waals surface area contributed by atoms with Crippen molar-refractivity contribution in [2.24, 2.45) is 34.3 Å². The van der Waals surface area contributed by atoms with Crippen LogP contribution in [0.15, 0.2) is 11.1 Å². The van der Waals surface area contributed by atoms with Gasteiger partial charge in [-0.25, -0.2) is 0 Å². The Morgan fingerprint density at radius 1 is 1.21 bits per heavy atom. The minimum absolute atomic E-state index is 0.0173. The molecule has 0 aromatic heterocycles. The molecule has 7 N–H and O–H groups in total. The molecule has 4 aliphatic rings. The molecule has 1 saturated heterocycles. The maximum atomic E-state index is 14.0. The van der Waals surface area contributed by atoms with Crippen LogP contribution in [-0.2, 0) is 9.53 Å². The molecule has 11 atom stereocenters. The predicted octanol–water partition coefficient (Wildman–Crippen LogP) is 0.275. The van der Waals surface area contributed by atoms with E-state index in [-0.39, 0.29) is 25.4 Å². The number of hydrogen-bond donors (Lipinski definition) is 6. The molecular weight excluding hydrogens is 426 g/mol. The number of Topliss-reactive ketones (excluding diaryl/α,β-unsaturated/α-hetero) is 1. The van der Waals surface area contributed by atoms with Gasteiger partial charge in [-0.2, -0.15) is 0 Å². The Kier molecular flexibility index (Phi) is 5.78. The lowest BCUT2D eigenvalue weighted by Crippen LogP contribution is -2.78. The first kappa shape index (κ1) is 25.2. The molecular formula is C25H41NO7. The summed E-state index contributed by atoms with van der Waals surface area (Å²) >= 11 is 0. The van der Waals surface area contributed by atoms with Gasteiger partial charge in [0.05, 0.1) is 35.9 Å². The van der Waals surface area contributed by atoms with Crippen molar-refractivity contribution < 1.29 is 35.1 Å². The normalized spacial score (nSPS) is 51.0. The first-order chi connectivity index (χ1) is 15.0. The number of fused-ring (bicyclic) bond motifs is 5. The minimum Gasteiger partial charge on any atom is -0.392 e.